The molecule has 2 unspecified atom stereocenters. The molecule has 0 saturated carbocycles. The minimum atomic E-state index is -0.163. The van der Waals surface area contributed by atoms with Crippen molar-refractivity contribution in [3.05, 3.63) is 41.8 Å². The number of hydrogen-bond acceptors (Lipinski definition) is 6. The van der Waals surface area contributed by atoms with Crippen molar-refractivity contribution in [2.75, 3.05) is 31.2 Å². The number of morpholine rings is 1. The number of nitrogens with two attached hydrogens (primary N) is 1. The van der Waals surface area contributed by atoms with Gasteiger partial charge in [-0.3, -0.25) is 0 Å². The van der Waals surface area contributed by atoms with E-state index >= 15 is 0 Å². The largest absolute Gasteiger partial charge is 0.378 e. The number of benzene rings is 1. The third-order valence-electron chi connectivity index (χ3n) is 3.84. The fraction of sp³-hybridized carbons (Fsp3) is 0.467. The van der Waals surface area contributed by atoms with Gasteiger partial charge in [-0.1, -0.05) is 37.3 Å². The summed E-state index contributed by atoms with van der Waals surface area (Å²) < 4.78 is 10.7. The van der Waals surface area contributed by atoms with Crippen molar-refractivity contribution < 1.29 is 9.26 Å². The van der Waals surface area contributed by atoms with Crippen LogP contribution in [0.1, 0.15) is 30.3 Å². The Morgan fingerprint density at radius 3 is 2.62 bits per heavy atom. The molecule has 1 fully saturated rings. The highest BCUT2D eigenvalue weighted by molar-refractivity contribution is 5.29. The molecule has 2 heterocycles. The maximum absolute atomic E-state index is 6.30. The number of hydrogen-bond donors (Lipinski definition) is 1. The van der Waals surface area contributed by atoms with Gasteiger partial charge in [0.15, 0.2) is 0 Å². The Hall–Kier alpha value is -1.92. The van der Waals surface area contributed by atoms with E-state index in [4.69, 9.17) is 15.0 Å². The van der Waals surface area contributed by atoms with Crippen LogP contribution in [0.3, 0.4) is 0 Å². The third-order valence-corrected chi connectivity index (χ3v) is 3.84. The number of anilines is 1. The Bertz CT molecular complexity index is 566. The normalized spacial score (nSPS) is 18.5. The van der Waals surface area contributed by atoms with Crippen molar-refractivity contribution in [2.45, 2.75) is 18.9 Å². The molecule has 0 radical (unpaired) electrons. The summed E-state index contributed by atoms with van der Waals surface area (Å²) in [6.45, 7) is 4.98. The minimum absolute atomic E-state index is 0.0327. The summed E-state index contributed by atoms with van der Waals surface area (Å²) in [5, 5.41) is 4.07. The summed E-state index contributed by atoms with van der Waals surface area (Å²) >= 11 is 0. The highest BCUT2D eigenvalue weighted by atomic mass is 16.5. The first-order valence-corrected chi connectivity index (χ1v) is 7.22. The smallest absolute Gasteiger partial charge is 0.266 e. The first-order valence-electron chi connectivity index (χ1n) is 7.22. The molecular weight excluding hydrogens is 268 g/mol. The van der Waals surface area contributed by atoms with Crippen LogP contribution in [-0.2, 0) is 4.74 Å². The van der Waals surface area contributed by atoms with Crippen LogP contribution in [-0.4, -0.2) is 36.4 Å². The molecule has 6 nitrogen and oxygen atoms in total. The van der Waals surface area contributed by atoms with Gasteiger partial charge in [-0.2, -0.15) is 4.98 Å². The van der Waals surface area contributed by atoms with Crippen molar-refractivity contribution in [3.8, 4) is 0 Å². The molecule has 2 N–H and O–H groups in total. The summed E-state index contributed by atoms with van der Waals surface area (Å²) in [5.41, 5.74) is 7.36. The van der Waals surface area contributed by atoms with Crippen LogP contribution in [0.5, 0.6) is 0 Å². The van der Waals surface area contributed by atoms with Crippen molar-refractivity contribution in [2.24, 2.45) is 5.73 Å². The van der Waals surface area contributed by atoms with Gasteiger partial charge in [0, 0.05) is 19.1 Å². The predicted molar refractivity (Wildman–Crippen MR) is 79.1 cm³/mol. The van der Waals surface area contributed by atoms with E-state index in [1.807, 2.05) is 37.3 Å². The summed E-state index contributed by atoms with van der Waals surface area (Å²) in [6.07, 6.45) is 0. The Balaban J connectivity index is 1.73. The first kappa shape index (κ1) is 14.0. The lowest BCUT2D eigenvalue weighted by Crippen LogP contribution is -2.36. The molecule has 1 aliphatic heterocycles. The predicted octanol–water partition coefficient (Wildman–Crippen LogP) is 1.71. The van der Waals surface area contributed by atoms with Crippen molar-refractivity contribution in [1.82, 2.24) is 10.1 Å². The van der Waals surface area contributed by atoms with Crippen LogP contribution in [0, 0.1) is 0 Å². The highest BCUT2D eigenvalue weighted by Crippen LogP contribution is 2.28. The van der Waals surface area contributed by atoms with E-state index in [1.54, 1.807) is 0 Å². The molecule has 3 rings (SSSR count). The molecule has 0 spiro atoms. The Kier molecular flexibility index (Phi) is 4.17. The van der Waals surface area contributed by atoms with Gasteiger partial charge in [-0.05, 0) is 10.7 Å². The van der Waals surface area contributed by atoms with E-state index < -0.39 is 0 Å². The van der Waals surface area contributed by atoms with E-state index in [2.05, 4.69) is 15.0 Å². The number of nitrogens with zero attached hydrogens (tertiary/aromatic N) is 3. The standard InChI is InChI=1S/C15H20N4O2/c1-11(13(16)12-5-3-2-4-6-12)14-17-15(18-21-14)19-7-9-20-10-8-19/h2-6,11,13H,7-10,16H2,1H3. The van der Waals surface area contributed by atoms with Crippen molar-refractivity contribution >= 4 is 5.95 Å². The molecule has 1 aliphatic rings. The molecule has 2 atom stereocenters. The minimum Gasteiger partial charge on any atom is -0.378 e. The second kappa shape index (κ2) is 6.24. The Morgan fingerprint density at radius 1 is 1.19 bits per heavy atom. The second-order valence-electron chi connectivity index (χ2n) is 5.26. The topological polar surface area (TPSA) is 77.4 Å². The molecule has 2 aromatic rings. The molecule has 0 amide bonds. The lowest BCUT2D eigenvalue weighted by Gasteiger charge is -2.24. The third kappa shape index (κ3) is 3.06. The Morgan fingerprint density at radius 2 is 1.90 bits per heavy atom. The molecule has 112 valence electrons. The first-order chi connectivity index (χ1) is 10.3. The molecule has 21 heavy (non-hydrogen) atoms. The van der Waals surface area contributed by atoms with Crippen LogP contribution in [0.15, 0.2) is 34.9 Å². The molecule has 1 aromatic heterocycles. The molecule has 0 bridgehead atoms. The van der Waals surface area contributed by atoms with E-state index in [-0.39, 0.29) is 12.0 Å². The molecule has 1 saturated heterocycles. The maximum Gasteiger partial charge on any atom is 0.266 e. The maximum atomic E-state index is 6.30. The van der Waals surface area contributed by atoms with Crippen LogP contribution >= 0.6 is 0 Å². The van der Waals surface area contributed by atoms with Crippen LogP contribution in [0.2, 0.25) is 0 Å². The van der Waals surface area contributed by atoms with E-state index in [9.17, 15) is 0 Å². The monoisotopic (exact) mass is 288 g/mol. The lowest BCUT2D eigenvalue weighted by atomic mass is 9.95. The van der Waals surface area contributed by atoms with E-state index in [0.29, 0.717) is 25.1 Å². The summed E-state index contributed by atoms with van der Waals surface area (Å²) in [4.78, 5) is 6.56. The van der Waals surface area contributed by atoms with Crippen molar-refractivity contribution in [1.29, 1.82) is 0 Å². The zero-order valence-electron chi connectivity index (χ0n) is 12.1. The van der Waals surface area contributed by atoms with Crippen LogP contribution in [0.4, 0.5) is 5.95 Å². The van der Waals surface area contributed by atoms with Gasteiger partial charge in [-0.15, -0.1) is 0 Å². The highest BCUT2D eigenvalue weighted by Gasteiger charge is 2.24. The van der Waals surface area contributed by atoms with E-state index in [0.717, 1.165) is 18.7 Å². The van der Waals surface area contributed by atoms with Crippen LogP contribution in [0.25, 0.3) is 0 Å². The van der Waals surface area contributed by atoms with Gasteiger partial charge in [0.1, 0.15) is 0 Å². The molecule has 1 aromatic carbocycles. The molecular formula is C15H20N4O2. The molecule has 6 heteroatoms. The molecule has 0 aliphatic carbocycles. The lowest BCUT2D eigenvalue weighted by molar-refractivity contribution is 0.121. The quantitative estimate of drug-likeness (QED) is 0.923. The number of ether oxygens (including phenoxy) is 1. The number of aromatic nitrogens is 2. The van der Waals surface area contributed by atoms with Gasteiger partial charge < -0.3 is 19.9 Å². The average Bonchev–Trinajstić information content (AvgIpc) is 3.05. The summed E-state index contributed by atoms with van der Waals surface area (Å²) in [7, 11) is 0. The van der Waals surface area contributed by atoms with Gasteiger partial charge in [0.05, 0.1) is 19.1 Å². The Labute approximate surface area is 123 Å². The summed E-state index contributed by atoms with van der Waals surface area (Å²) in [6, 6.07) is 9.80. The zero-order valence-corrected chi connectivity index (χ0v) is 12.1. The van der Waals surface area contributed by atoms with Crippen LogP contribution < -0.4 is 10.6 Å². The fourth-order valence-corrected chi connectivity index (χ4v) is 2.42. The van der Waals surface area contributed by atoms with E-state index in [1.165, 1.54) is 0 Å². The second-order valence-corrected chi connectivity index (χ2v) is 5.26. The van der Waals surface area contributed by atoms with Gasteiger partial charge >= 0.3 is 0 Å². The SMILES string of the molecule is CC(c1nc(N2CCOCC2)no1)C(N)c1ccccc1. The van der Waals surface area contributed by atoms with Gasteiger partial charge in [0.2, 0.25) is 5.89 Å². The van der Waals surface area contributed by atoms with Gasteiger partial charge in [-0.25, -0.2) is 0 Å². The fourth-order valence-electron chi connectivity index (χ4n) is 2.42. The van der Waals surface area contributed by atoms with Gasteiger partial charge in [0.25, 0.3) is 5.95 Å². The number of rotatable bonds is 4. The van der Waals surface area contributed by atoms with Crippen molar-refractivity contribution in [3.63, 3.8) is 0 Å². The zero-order chi connectivity index (χ0) is 14.7. The average molecular weight is 288 g/mol. The summed E-state index contributed by atoms with van der Waals surface area (Å²) in [5.74, 6) is 1.17.